The van der Waals surface area contributed by atoms with Gasteiger partial charge in [-0.2, -0.15) is 0 Å². The van der Waals surface area contributed by atoms with Gasteiger partial charge in [-0.3, -0.25) is 9.52 Å². The summed E-state index contributed by atoms with van der Waals surface area (Å²) in [6, 6.07) is 10.3. The second kappa shape index (κ2) is 7.91. The maximum atomic E-state index is 12.9. The summed E-state index contributed by atoms with van der Waals surface area (Å²) in [5, 5.41) is 0. The monoisotopic (exact) mass is 374 g/mol. The van der Waals surface area contributed by atoms with E-state index in [9.17, 15) is 13.2 Å². The molecule has 2 aromatic rings. The summed E-state index contributed by atoms with van der Waals surface area (Å²) < 4.78 is 28.4. The fourth-order valence-corrected chi connectivity index (χ4v) is 4.27. The first kappa shape index (κ1) is 20.0. The normalized spacial score (nSPS) is 11.3. The van der Waals surface area contributed by atoms with Crippen molar-refractivity contribution in [1.82, 2.24) is 4.90 Å². The molecule has 5 nitrogen and oxygen atoms in total. The van der Waals surface area contributed by atoms with Gasteiger partial charge in [-0.05, 0) is 75.6 Å². The Morgan fingerprint density at radius 3 is 2.08 bits per heavy atom. The van der Waals surface area contributed by atoms with Crippen molar-refractivity contribution in [2.75, 3.05) is 17.8 Å². The molecule has 0 atom stereocenters. The van der Waals surface area contributed by atoms with E-state index in [0.717, 1.165) is 11.1 Å². The number of nitrogens with zero attached hydrogens (tertiary/aromatic N) is 1. The first-order valence-electron chi connectivity index (χ1n) is 8.69. The van der Waals surface area contributed by atoms with Crippen molar-refractivity contribution >= 4 is 21.6 Å². The number of nitrogens with one attached hydrogen (secondary N) is 1. The van der Waals surface area contributed by atoms with Crippen LogP contribution in [0.15, 0.2) is 41.3 Å². The summed E-state index contributed by atoms with van der Waals surface area (Å²) in [6.45, 7) is 10.5. The summed E-state index contributed by atoms with van der Waals surface area (Å²) in [5.41, 5.74) is 3.44. The third-order valence-electron chi connectivity index (χ3n) is 4.25. The summed E-state index contributed by atoms with van der Waals surface area (Å²) in [7, 11) is -3.79. The Labute approximate surface area is 156 Å². The molecule has 0 bridgehead atoms. The van der Waals surface area contributed by atoms with Gasteiger partial charge >= 0.3 is 0 Å². The lowest BCUT2D eigenvalue weighted by Gasteiger charge is -2.19. The third kappa shape index (κ3) is 4.43. The molecule has 0 saturated heterocycles. The highest BCUT2D eigenvalue weighted by molar-refractivity contribution is 7.92. The zero-order valence-electron chi connectivity index (χ0n) is 16.0. The largest absolute Gasteiger partial charge is 0.339 e. The number of rotatable bonds is 6. The number of carbonyl (C=O) groups excluding carboxylic acids is 1. The summed E-state index contributed by atoms with van der Waals surface area (Å²) in [4.78, 5) is 14.3. The van der Waals surface area contributed by atoms with Crippen LogP contribution in [-0.2, 0) is 10.0 Å². The topological polar surface area (TPSA) is 66.5 Å². The Hall–Kier alpha value is -2.34. The summed E-state index contributed by atoms with van der Waals surface area (Å²) in [5.74, 6) is -0.169. The van der Waals surface area contributed by atoms with Crippen LogP contribution < -0.4 is 4.72 Å². The van der Waals surface area contributed by atoms with Crippen molar-refractivity contribution in [1.29, 1.82) is 0 Å². The van der Waals surface area contributed by atoms with Crippen LogP contribution in [0, 0.1) is 20.8 Å². The molecule has 140 valence electrons. The van der Waals surface area contributed by atoms with Gasteiger partial charge in [0.2, 0.25) is 0 Å². The second-order valence-corrected chi connectivity index (χ2v) is 8.09. The van der Waals surface area contributed by atoms with E-state index < -0.39 is 10.0 Å². The van der Waals surface area contributed by atoms with Gasteiger partial charge in [-0.1, -0.05) is 12.1 Å². The van der Waals surface area contributed by atoms with Gasteiger partial charge in [0.25, 0.3) is 15.9 Å². The minimum Gasteiger partial charge on any atom is -0.339 e. The lowest BCUT2D eigenvalue weighted by Crippen LogP contribution is -2.30. The number of aryl methyl sites for hydroxylation is 3. The van der Waals surface area contributed by atoms with E-state index in [4.69, 9.17) is 0 Å². The number of carbonyl (C=O) groups is 1. The molecule has 0 fully saturated rings. The molecule has 0 saturated carbocycles. The van der Waals surface area contributed by atoms with Crippen LogP contribution in [0.25, 0.3) is 0 Å². The molecule has 0 aromatic heterocycles. The van der Waals surface area contributed by atoms with E-state index in [1.54, 1.807) is 36.1 Å². The van der Waals surface area contributed by atoms with Crippen LogP contribution in [-0.4, -0.2) is 32.3 Å². The second-order valence-electron chi connectivity index (χ2n) is 6.44. The highest BCUT2D eigenvalue weighted by atomic mass is 32.2. The summed E-state index contributed by atoms with van der Waals surface area (Å²) in [6.07, 6.45) is 0. The Balaban J connectivity index is 2.42. The fourth-order valence-electron chi connectivity index (χ4n) is 2.96. The average molecular weight is 375 g/mol. The number of hydrogen-bond donors (Lipinski definition) is 1. The van der Waals surface area contributed by atoms with Crippen molar-refractivity contribution in [2.24, 2.45) is 0 Å². The van der Waals surface area contributed by atoms with Crippen LogP contribution in [0.5, 0.6) is 0 Å². The zero-order valence-corrected chi connectivity index (χ0v) is 16.8. The molecule has 1 N–H and O–H groups in total. The minimum absolute atomic E-state index is 0.120. The van der Waals surface area contributed by atoms with Crippen LogP contribution in [0.3, 0.4) is 0 Å². The molecule has 0 aliphatic rings. The van der Waals surface area contributed by atoms with Crippen molar-refractivity contribution in [3.05, 3.63) is 58.7 Å². The van der Waals surface area contributed by atoms with Crippen molar-refractivity contribution < 1.29 is 13.2 Å². The Bertz CT molecular complexity index is 896. The maximum absolute atomic E-state index is 12.9. The fraction of sp³-hybridized carbons (Fsp3) is 0.350. The first-order chi connectivity index (χ1) is 12.2. The predicted octanol–water partition coefficient (Wildman–Crippen LogP) is 3.89. The van der Waals surface area contributed by atoms with Gasteiger partial charge < -0.3 is 4.90 Å². The SMILES string of the molecule is CCN(CC)C(=O)c1ccc(C)c(S(=O)(=O)Nc2cc(C)cc(C)c2)c1. The standard InChI is InChI=1S/C20H26N2O3S/c1-6-22(7-2)20(23)17-9-8-16(5)19(13-17)26(24,25)21-18-11-14(3)10-15(4)12-18/h8-13,21H,6-7H2,1-5H3. The maximum Gasteiger partial charge on any atom is 0.262 e. The van der Waals surface area contributed by atoms with E-state index in [1.807, 2.05) is 33.8 Å². The van der Waals surface area contributed by atoms with Crippen molar-refractivity contribution in [2.45, 2.75) is 39.5 Å². The third-order valence-corrected chi connectivity index (χ3v) is 5.77. The molecular formula is C20H26N2O3S. The van der Waals surface area contributed by atoms with Crippen LogP contribution >= 0.6 is 0 Å². The molecule has 26 heavy (non-hydrogen) atoms. The van der Waals surface area contributed by atoms with E-state index >= 15 is 0 Å². The molecule has 2 aromatic carbocycles. The van der Waals surface area contributed by atoms with Gasteiger partial charge in [-0.15, -0.1) is 0 Å². The van der Waals surface area contributed by atoms with Crippen molar-refractivity contribution in [3.63, 3.8) is 0 Å². The molecule has 0 heterocycles. The number of benzene rings is 2. The predicted molar refractivity (Wildman–Crippen MR) is 105 cm³/mol. The minimum atomic E-state index is -3.79. The number of anilines is 1. The molecule has 0 aliphatic heterocycles. The highest BCUT2D eigenvalue weighted by Gasteiger charge is 2.21. The Morgan fingerprint density at radius 1 is 0.962 bits per heavy atom. The van der Waals surface area contributed by atoms with Crippen LogP contribution in [0.2, 0.25) is 0 Å². The molecular weight excluding hydrogens is 348 g/mol. The molecule has 6 heteroatoms. The van der Waals surface area contributed by atoms with E-state index in [0.29, 0.717) is 29.9 Å². The molecule has 1 amide bonds. The summed E-state index contributed by atoms with van der Waals surface area (Å²) >= 11 is 0. The Kier molecular flexibility index (Phi) is 6.08. The van der Waals surface area contributed by atoms with Gasteiger partial charge in [0, 0.05) is 24.3 Å². The van der Waals surface area contributed by atoms with Gasteiger partial charge in [0.15, 0.2) is 0 Å². The highest BCUT2D eigenvalue weighted by Crippen LogP contribution is 2.23. The average Bonchev–Trinajstić information content (AvgIpc) is 2.54. The Morgan fingerprint density at radius 2 is 1.54 bits per heavy atom. The lowest BCUT2D eigenvalue weighted by atomic mass is 10.1. The van der Waals surface area contributed by atoms with E-state index in [2.05, 4.69) is 4.72 Å². The van der Waals surface area contributed by atoms with Crippen LogP contribution in [0.4, 0.5) is 5.69 Å². The smallest absolute Gasteiger partial charge is 0.262 e. The van der Waals surface area contributed by atoms with Gasteiger partial charge in [0.1, 0.15) is 0 Å². The van der Waals surface area contributed by atoms with Crippen LogP contribution in [0.1, 0.15) is 40.9 Å². The quantitative estimate of drug-likeness (QED) is 0.834. The number of hydrogen-bond acceptors (Lipinski definition) is 3. The first-order valence-corrected chi connectivity index (χ1v) is 10.2. The van der Waals surface area contributed by atoms with E-state index in [1.165, 1.54) is 6.07 Å². The molecule has 2 rings (SSSR count). The lowest BCUT2D eigenvalue weighted by molar-refractivity contribution is 0.0772. The molecule has 0 aliphatic carbocycles. The van der Waals surface area contributed by atoms with Gasteiger partial charge in [0.05, 0.1) is 4.90 Å². The molecule has 0 unspecified atom stereocenters. The zero-order chi connectivity index (χ0) is 19.5. The van der Waals surface area contributed by atoms with Gasteiger partial charge in [-0.25, -0.2) is 8.42 Å². The van der Waals surface area contributed by atoms with E-state index in [-0.39, 0.29) is 10.8 Å². The molecule has 0 radical (unpaired) electrons. The van der Waals surface area contributed by atoms with Crippen molar-refractivity contribution in [3.8, 4) is 0 Å². The number of sulfonamides is 1. The molecule has 0 spiro atoms. The number of amides is 1.